The molecule has 0 spiro atoms. The quantitative estimate of drug-likeness (QED) is 0.657. The summed E-state index contributed by atoms with van der Waals surface area (Å²) >= 11 is 0. The number of rotatable bonds is 5. The van der Waals surface area contributed by atoms with Crippen LogP contribution in [0.2, 0.25) is 0 Å². The summed E-state index contributed by atoms with van der Waals surface area (Å²) in [6, 6.07) is 0. The fraction of sp³-hybridized carbons (Fsp3) is 0.900. The fourth-order valence-electron chi connectivity index (χ4n) is 1.63. The van der Waals surface area contributed by atoms with E-state index < -0.39 is 0 Å². The first-order valence-electron chi connectivity index (χ1n) is 4.96. The van der Waals surface area contributed by atoms with Crippen molar-refractivity contribution in [2.75, 3.05) is 13.2 Å². The molecule has 1 fully saturated rings. The second-order valence-electron chi connectivity index (χ2n) is 3.52. The van der Waals surface area contributed by atoms with Gasteiger partial charge in [-0.15, -0.1) is 0 Å². The molecular weight excluding hydrogens is 168 g/mol. The number of hydrogen-bond donors (Lipinski definition) is 0. The number of Topliss-reactive ketones (excluding diaryl/α,β-unsaturated/α-hetero) is 1. The third kappa shape index (κ3) is 3.08. The maximum atomic E-state index is 10.7. The van der Waals surface area contributed by atoms with Crippen LogP contribution >= 0.6 is 0 Å². The molecule has 0 aliphatic carbocycles. The van der Waals surface area contributed by atoms with E-state index in [0.29, 0.717) is 19.6 Å². The molecule has 1 rings (SSSR count). The minimum absolute atomic E-state index is 0.240. The second-order valence-corrected chi connectivity index (χ2v) is 3.52. The van der Waals surface area contributed by atoms with Gasteiger partial charge in [0.15, 0.2) is 5.79 Å². The fourth-order valence-corrected chi connectivity index (χ4v) is 1.63. The molecule has 0 bridgehead atoms. The lowest BCUT2D eigenvalue weighted by Crippen LogP contribution is -2.29. The Morgan fingerprint density at radius 2 is 2.00 bits per heavy atom. The Balaban J connectivity index is 2.27. The van der Waals surface area contributed by atoms with Gasteiger partial charge in [0.1, 0.15) is 5.78 Å². The van der Waals surface area contributed by atoms with Crippen LogP contribution in [0.4, 0.5) is 0 Å². The third-order valence-corrected chi connectivity index (χ3v) is 2.44. The van der Waals surface area contributed by atoms with Crippen LogP contribution in [0.1, 0.15) is 39.5 Å². The van der Waals surface area contributed by atoms with E-state index in [-0.39, 0.29) is 11.6 Å². The molecule has 1 aliphatic heterocycles. The number of ketones is 1. The van der Waals surface area contributed by atoms with E-state index in [2.05, 4.69) is 6.92 Å². The molecule has 0 aromatic rings. The van der Waals surface area contributed by atoms with E-state index in [1.165, 1.54) is 0 Å². The molecule has 0 saturated carbocycles. The zero-order valence-electron chi connectivity index (χ0n) is 8.47. The highest BCUT2D eigenvalue weighted by atomic mass is 16.7. The van der Waals surface area contributed by atoms with Gasteiger partial charge >= 0.3 is 0 Å². The summed E-state index contributed by atoms with van der Waals surface area (Å²) < 4.78 is 11.1. The maximum Gasteiger partial charge on any atom is 0.168 e. The van der Waals surface area contributed by atoms with Gasteiger partial charge in [-0.1, -0.05) is 6.92 Å². The summed E-state index contributed by atoms with van der Waals surface area (Å²) in [6.07, 6.45) is 3.20. The van der Waals surface area contributed by atoms with Crippen molar-refractivity contribution in [1.82, 2.24) is 0 Å². The normalized spacial score (nSPS) is 20.5. The molecule has 13 heavy (non-hydrogen) atoms. The molecule has 1 saturated heterocycles. The summed E-state index contributed by atoms with van der Waals surface area (Å²) in [4.78, 5) is 10.7. The molecule has 1 aliphatic rings. The zero-order chi connectivity index (χ0) is 9.73. The van der Waals surface area contributed by atoms with E-state index >= 15 is 0 Å². The van der Waals surface area contributed by atoms with E-state index in [4.69, 9.17) is 9.47 Å². The molecule has 0 amide bonds. The molecule has 76 valence electrons. The van der Waals surface area contributed by atoms with Gasteiger partial charge in [-0.25, -0.2) is 0 Å². The first-order chi connectivity index (χ1) is 6.18. The molecule has 0 atom stereocenters. The summed E-state index contributed by atoms with van der Waals surface area (Å²) in [5, 5.41) is 0. The Kier molecular flexibility index (Phi) is 3.88. The van der Waals surface area contributed by atoms with Crippen molar-refractivity contribution in [3.8, 4) is 0 Å². The van der Waals surface area contributed by atoms with Gasteiger partial charge < -0.3 is 14.3 Å². The molecule has 0 aromatic heterocycles. The highest BCUT2D eigenvalue weighted by Crippen LogP contribution is 2.28. The van der Waals surface area contributed by atoms with E-state index in [0.717, 1.165) is 19.3 Å². The molecule has 0 N–H and O–H groups in total. The Morgan fingerprint density at radius 3 is 2.46 bits per heavy atom. The Hall–Kier alpha value is -0.410. The highest BCUT2D eigenvalue weighted by molar-refractivity contribution is 5.75. The predicted octanol–water partition coefficient (Wildman–Crippen LogP) is 1.90. The topological polar surface area (TPSA) is 35.5 Å². The van der Waals surface area contributed by atoms with Gasteiger partial charge in [0, 0.05) is 12.8 Å². The third-order valence-electron chi connectivity index (χ3n) is 2.44. The van der Waals surface area contributed by atoms with Crippen molar-refractivity contribution >= 4 is 5.78 Å². The minimum Gasteiger partial charge on any atom is -0.348 e. The molecule has 0 aromatic carbocycles. The first kappa shape index (κ1) is 10.7. The molecule has 1 heterocycles. The lowest BCUT2D eigenvalue weighted by molar-refractivity contribution is -0.164. The van der Waals surface area contributed by atoms with Crippen LogP contribution in [0.15, 0.2) is 0 Å². The molecule has 0 radical (unpaired) electrons. The first-order valence-corrected chi connectivity index (χ1v) is 4.96. The van der Waals surface area contributed by atoms with Crippen LogP contribution in [0.5, 0.6) is 0 Å². The average molecular weight is 186 g/mol. The highest BCUT2D eigenvalue weighted by Gasteiger charge is 2.33. The van der Waals surface area contributed by atoms with Crippen LogP contribution in [0, 0.1) is 0 Å². The Labute approximate surface area is 79.4 Å². The van der Waals surface area contributed by atoms with Crippen LogP contribution in [-0.2, 0) is 14.3 Å². The molecular formula is C10H18O3. The largest absolute Gasteiger partial charge is 0.348 e. The lowest BCUT2D eigenvalue weighted by atomic mass is 10.1. The smallest absolute Gasteiger partial charge is 0.168 e. The van der Waals surface area contributed by atoms with E-state index in [9.17, 15) is 4.79 Å². The molecule has 3 heteroatoms. The van der Waals surface area contributed by atoms with Crippen LogP contribution in [-0.4, -0.2) is 24.8 Å². The van der Waals surface area contributed by atoms with Crippen LogP contribution < -0.4 is 0 Å². The van der Waals surface area contributed by atoms with Crippen LogP contribution in [0.25, 0.3) is 0 Å². The van der Waals surface area contributed by atoms with Gasteiger partial charge in [-0.2, -0.15) is 0 Å². The van der Waals surface area contributed by atoms with Crippen LogP contribution in [0.3, 0.4) is 0 Å². The summed E-state index contributed by atoms with van der Waals surface area (Å²) in [7, 11) is 0. The van der Waals surface area contributed by atoms with Gasteiger partial charge in [0.05, 0.1) is 13.2 Å². The van der Waals surface area contributed by atoms with Crippen molar-refractivity contribution in [1.29, 1.82) is 0 Å². The number of hydrogen-bond acceptors (Lipinski definition) is 3. The number of ether oxygens (including phenoxy) is 2. The SMILES string of the molecule is CCC1(CCCC(C)=O)OCCO1. The summed E-state index contributed by atoms with van der Waals surface area (Å²) in [6.45, 7) is 5.05. The maximum absolute atomic E-state index is 10.7. The monoisotopic (exact) mass is 186 g/mol. The molecule has 0 unspecified atom stereocenters. The lowest BCUT2D eigenvalue weighted by Gasteiger charge is -2.25. The van der Waals surface area contributed by atoms with Crippen molar-refractivity contribution < 1.29 is 14.3 Å². The van der Waals surface area contributed by atoms with Gasteiger partial charge in [-0.3, -0.25) is 0 Å². The minimum atomic E-state index is -0.380. The second kappa shape index (κ2) is 4.72. The average Bonchev–Trinajstić information content (AvgIpc) is 2.53. The Bertz CT molecular complexity index is 171. The number of carbonyl (C=O) groups is 1. The standard InChI is InChI=1S/C10H18O3/c1-3-10(12-7-8-13-10)6-4-5-9(2)11/h3-8H2,1-2H3. The number of carbonyl (C=O) groups excluding carboxylic acids is 1. The molecule has 3 nitrogen and oxygen atoms in total. The summed E-state index contributed by atoms with van der Waals surface area (Å²) in [5.74, 6) is -0.139. The van der Waals surface area contributed by atoms with Gasteiger partial charge in [0.25, 0.3) is 0 Å². The van der Waals surface area contributed by atoms with Crippen molar-refractivity contribution in [2.45, 2.75) is 45.3 Å². The van der Waals surface area contributed by atoms with E-state index in [1.54, 1.807) is 6.92 Å². The van der Waals surface area contributed by atoms with Gasteiger partial charge in [-0.05, 0) is 19.8 Å². The predicted molar refractivity (Wildman–Crippen MR) is 49.5 cm³/mol. The van der Waals surface area contributed by atoms with Crippen molar-refractivity contribution in [3.63, 3.8) is 0 Å². The summed E-state index contributed by atoms with van der Waals surface area (Å²) in [5.41, 5.74) is 0. The van der Waals surface area contributed by atoms with E-state index in [1.807, 2.05) is 0 Å². The Morgan fingerprint density at radius 1 is 1.38 bits per heavy atom. The zero-order valence-corrected chi connectivity index (χ0v) is 8.47. The van der Waals surface area contributed by atoms with Crippen molar-refractivity contribution in [2.24, 2.45) is 0 Å². The van der Waals surface area contributed by atoms with Crippen molar-refractivity contribution in [3.05, 3.63) is 0 Å². The van der Waals surface area contributed by atoms with Gasteiger partial charge in [0.2, 0.25) is 0 Å².